The van der Waals surface area contributed by atoms with Crippen molar-refractivity contribution >= 4 is 5.78 Å². The van der Waals surface area contributed by atoms with Gasteiger partial charge < -0.3 is 4.74 Å². The largest absolute Gasteiger partial charge is 0.502 e. The lowest BCUT2D eigenvalue weighted by atomic mass is 10.2. The Bertz CT molecular complexity index is 148. The minimum absolute atomic E-state index is 0.153. The number of carbonyl (C=O) groups excluding carboxylic acids is 1. The van der Waals surface area contributed by atoms with E-state index in [1.54, 1.807) is 12.2 Å². The molecule has 0 saturated heterocycles. The van der Waals surface area contributed by atoms with Gasteiger partial charge in [-0.2, -0.15) is 0 Å². The van der Waals surface area contributed by atoms with Crippen molar-refractivity contribution in [3.63, 3.8) is 0 Å². The van der Waals surface area contributed by atoms with E-state index in [0.717, 1.165) is 6.42 Å². The zero-order valence-corrected chi connectivity index (χ0v) is 6.88. The fourth-order valence-electron chi connectivity index (χ4n) is 0.682. The van der Waals surface area contributed by atoms with Gasteiger partial charge in [-0.25, -0.2) is 0 Å². The Kier molecular flexibility index (Phi) is 6.39. The van der Waals surface area contributed by atoms with Crippen molar-refractivity contribution in [1.82, 2.24) is 0 Å². The fraction of sp³-hybridized carbons (Fsp3) is 0.444. The van der Waals surface area contributed by atoms with Gasteiger partial charge in [0.2, 0.25) is 0 Å². The molecule has 0 radical (unpaired) electrons. The van der Waals surface area contributed by atoms with Crippen LogP contribution in [0.4, 0.5) is 0 Å². The summed E-state index contributed by atoms with van der Waals surface area (Å²) < 4.78 is 4.85. The van der Waals surface area contributed by atoms with Gasteiger partial charge in [0.25, 0.3) is 0 Å². The molecule has 0 aromatic rings. The number of allylic oxidation sites excluding steroid dienone is 2. The second-order valence-electron chi connectivity index (χ2n) is 2.11. The number of rotatable bonds is 6. The smallest absolute Gasteiger partial charge is 0.155 e. The number of hydrogen-bond acceptors (Lipinski definition) is 2. The van der Waals surface area contributed by atoms with Crippen LogP contribution in [0.1, 0.15) is 19.8 Å². The van der Waals surface area contributed by atoms with Crippen LogP contribution in [0.15, 0.2) is 25.0 Å². The summed E-state index contributed by atoms with van der Waals surface area (Å²) in [6.45, 7) is 5.80. The first-order valence-corrected chi connectivity index (χ1v) is 3.69. The first-order valence-electron chi connectivity index (χ1n) is 3.69. The molecule has 0 unspecified atom stereocenters. The fourth-order valence-corrected chi connectivity index (χ4v) is 0.682. The molecule has 0 spiro atoms. The number of ketones is 1. The molecule has 0 aromatic carbocycles. The number of ether oxygens (including phenoxy) is 1. The molecule has 2 nitrogen and oxygen atoms in total. The van der Waals surface area contributed by atoms with E-state index in [1.807, 2.05) is 6.92 Å². The van der Waals surface area contributed by atoms with E-state index in [0.29, 0.717) is 13.0 Å². The van der Waals surface area contributed by atoms with E-state index in [2.05, 4.69) is 6.58 Å². The van der Waals surface area contributed by atoms with Crippen LogP contribution >= 0.6 is 0 Å². The summed E-state index contributed by atoms with van der Waals surface area (Å²) in [4.78, 5) is 10.8. The van der Waals surface area contributed by atoms with Gasteiger partial charge in [-0.05, 0) is 19.4 Å². The van der Waals surface area contributed by atoms with Crippen LogP contribution in [-0.4, -0.2) is 12.4 Å². The number of hydrogen-bond donors (Lipinski definition) is 0. The molecule has 0 atom stereocenters. The highest BCUT2D eigenvalue weighted by Gasteiger charge is 1.94. The standard InChI is InChI=1S/C9H14O2/c1-3-6-9(10)7-5-8-11-4-2/h3-4,6H,2,5,7-8H2,1H3. The molecule has 0 aliphatic carbocycles. The van der Waals surface area contributed by atoms with Crippen LogP contribution in [0.2, 0.25) is 0 Å². The van der Waals surface area contributed by atoms with Crippen LogP contribution in [0.3, 0.4) is 0 Å². The van der Waals surface area contributed by atoms with E-state index in [-0.39, 0.29) is 5.78 Å². The molecule has 0 heterocycles. The molecule has 0 aromatic heterocycles. The van der Waals surface area contributed by atoms with Gasteiger partial charge in [-0.1, -0.05) is 12.7 Å². The highest BCUT2D eigenvalue weighted by Crippen LogP contribution is 1.93. The van der Waals surface area contributed by atoms with Crippen LogP contribution < -0.4 is 0 Å². The molecule has 0 fully saturated rings. The Morgan fingerprint density at radius 2 is 2.36 bits per heavy atom. The average molecular weight is 154 g/mol. The molecule has 11 heavy (non-hydrogen) atoms. The zero-order chi connectivity index (χ0) is 8.53. The Hall–Kier alpha value is -1.05. The van der Waals surface area contributed by atoms with Crippen molar-refractivity contribution in [2.75, 3.05) is 6.61 Å². The van der Waals surface area contributed by atoms with Crippen molar-refractivity contribution < 1.29 is 9.53 Å². The lowest BCUT2D eigenvalue weighted by Crippen LogP contribution is -1.95. The summed E-state index contributed by atoms with van der Waals surface area (Å²) in [6.07, 6.45) is 6.03. The van der Waals surface area contributed by atoms with Gasteiger partial charge in [0.1, 0.15) is 0 Å². The summed E-state index contributed by atoms with van der Waals surface area (Å²) in [5.74, 6) is 0.153. The van der Waals surface area contributed by atoms with Crippen molar-refractivity contribution in [2.45, 2.75) is 19.8 Å². The van der Waals surface area contributed by atoms with Crippen LogP contribution in [-0.2, 0) is 9.53 Å². The maximum Gasteiger partial charge on any atom is 0.155 e. The van der Waals surface area contributed by atoms with E-state index in [4.69, 9.17) is 4.74 Å². The molecule has 0 aliphatic heterocycles. The van der Waals surface area contributed by atoms with Crippen molar-refractivity contribution in [1.29, 1.82) is 0 Å². The predicted octanol–water partition coefficient (Wildman–Crippen LogP) is 2.07. The molecule has 0 rings (SSSR count). The average Bonchev–Trinajstić information content (AvgIpc) is 1.99. The summed E-state index contributed by atoms with van der Waals surface area (Å²) >= 11 is 0. The Morgan fingerprint density at radius 1 is 1.64 bits per heavy atom. The van der Waals surface area contributed by atoms with Crippen molar-refractivity contribution in [3.8, 4) is 0 Å². The van der Waals surface area contributed by atoms with Gasteiger partial charge in [-0.3, -0.25) is 4.79 Å². The third-order valence-electron chi connectivity index (χ3n) is 1.16. The normalized spacial score (nSPS) is 9.91. The first-order chi connectivity index (χ1) is 5.31. The van der Waals surface area contributed by atoms with Gasteiger partial charge in [0.15, 0.2) is 5.78 Å². The third kappa shape index (κ3) is 6.84. The van der Waals surface area contributed by atoms with E-state index < -0.39 is 0 Å². The Labute approximate surface area is 67.6 Å². The minimum atomic E-state index is 0.153. The van der Waals surface area contributed by atoms with Crippen LogP contribution in [0, 0.1) is 0 Å². The summed E-state index contributed by atoms with van der Waals surface area (Å²) in [6, 6.07) is 0. The molecule has 0 saturated carbocycles. The maximum absolute atomic E-state index is 10.8. The zero-order valence-electron chi connectivity index (χ0n) is 6.88. The molecule has 0 aliphatic rings. The summed E-state index contributed by atoms with van der Waals surface area (Å²) in [5, 5.41) is 0. The van der Waals surface area contributed by atoms with Gasteiger partial charge in [0, 0.05) is 6.42 Å². The van der Waals surface area contributed by atoms with E-state index in [1.165, 1.54) is 6.26 Å². The molecular formula is C9H14O2. The summed E-state index contributed by atoms with van der Waals surface area (Å²) in [7, 11) is 0. The predicted molar refractivity (Wildman–Crippen MR) is 45.2 cm³/mol. The third-order valence-corrected chi connectivity index (χ3v) is 1.16. The highest BCUT2D eigenvalue weighted by molar-refractivity contribution is 5.89. The second-order valence-corrected chi connectivity index (χ2v) is 2.11. The lowest BCUT2D eigenvalue weighted by molar-refractivity contribution is -0.114. The molecule has 2 heteroatoms. The number of carbonyl (C=O) groups is 1. The maximum atomic E-state index is 10.8. The molecule has 0 amide bonds. The van der Waals surface area contributed by atoms with E-state index >= 15 is 0 Å². The first kappa shape index (κ1) is 9.95. The van der Waals surface area contributed by atoms with Gasteiger partial charge >= 0.3 is 0 Å². The van der Waals surface area contributed by atoms with Crippen molar-refractivity contribution in [2.24, 2.45) is 0 Å². The second kappa shape index (κ2) is 7.06. The molecule has 62 valence electrons. The van der Waals surface area contributed by atoms with Gasteiger partial charge in [-0.15, -0.1) is 0 Å². The van der Waals surface area contributed by atoms with Crippen LogP contribution in [0.5, 0.6) is 0 Å². The lowest BCUT2D eigenvalue weighted by Gasteiger charge is -1.96. The monoisotopic (exact) mass is 154 g/mol. The minimum Gasteiger partial charge on any atom is -0.502 e. The van der Waals surface area contributed by atoms with Crippen LogP contribution in [0.25, 0.3) is 0 Å². The SMILES string of the molecule is C=COCCCC(=O)C=CC. The topological polar surface area (TPSA) is 26.3 Å². The molecule has 0 N–H and O–H groups in total. The highest BCUT2D eigenvalue weighted by atomic mass is 16.5. The Balaban J connectivity index is 3.24. The molecular weight excluding hydrogens is 140 g/mol. The van der Waals surface area contributed by atoms with Crippen molar-refractivity contribution in [3.05, 3.63) is 25.0 Å². The van der Waals surface area contributed by atoms with E-state index in [9.17, 15) is 4.79 Å². The quantitative estimate of drug-likeness (QED) is 0.332. The van der Waals surface area contributed by atoms with Gasteiger partial charge in [0.05, 0.1) is 12.9 Å². The molecule has 0 bridgehead atoms. The summed E-state index contributed by atoms with van der Waals surface area (Å²) in [5.41, 5.74) is 0. The Morgan fingerprint density at radius 3 is 2.91 bits per heavy atom.